The van der Waals surface area contributed by atoms with Gasteiger partial charge in [-0.3, -0.25) is 0 Å². The molecule has 0 aliphatic rings. The van der Waals surface area contributed by atoms with Crippen LogP contribution in [0.15, 0.2) is 54.6 Å². The van der Waals surface area contributed by atoms with Gasteiger partial charge in [0.05, 0.1) is 0 Å². The van der Waals surface area contributed by atoms with Crippen molar-refractivity contribution >= 4 is 0 Å². The number of ether oxygens (including phenoxy) is 1. The summed E-state index contributed by atoms with van der Waals surface area (Å²) in [5, 5.41) is 17.7. The molecule has 0 aliphatic heterocycles. The zero-order chi connectivity index (χ0) is 12.1. The van der Waals surface area contributed by atoms with E-state index in [1.54, 1.807) is 0 Å². The summed E-state index contributed by atoms with van der Waals surface area (Å²) < 4.78 is 5.61. The second-order valence-electron chi connectivity index (χ2n) is 3.74. The number of benzene rings is 2. The summed E-state index contributed by atoms with van der Waals surface area (Å²) in [6, 6.07) is 16.8. The van der Waals surface area contributed by atoms with Crippen LogP contribution in [0.5, 0.6) is 11.5 Å². The van der Waals surface area contributed by atoms with Crippen molar-refractivity contribution in [3.05, 3.63) is 60.2 Å². The Bertz CT molecular complexity index is 449. The minimum atomic E-state index is -1.31. The zero-order valence-corrected chi connectivity index (χ0v) is 9.28. The van der Waals surface area contributed by atoms with Crippen molar-refractivity contribution in [3.8, 4) is 11.5 Å². The van der Waals surface area contributed by atoms with Crippen LogP contribution in [-0.2, 0) is 6.42 Å². The standard InChI is InChI=1S/C14H14O3/c15-14(16)10-11-6-8-13(9-7-11)17-12-4-2-1-3-5-12/h1-9,14-16H,10H2. The van der Waals surface area contributed by atoms with Crippen LogP contribution in [0.3, 0.4) is 0 Å². The Labute approximate surface area is 99.9 Å². The van der Waals surface area contributed by atoms with Crippen molar-refractivity contribution in [2.45, 2.75) is 12.7 Å². The Kier molecular flexibility index (Phi) is 3.75. The highest BCUT2D eigenvalue weighted by Crippen LogP contribution is 2.21. The van der Waals surface area contributed by atoms with Crippen LogP contribution in [0.2, 0.25) is 0 Å². The number of hydrogen-bond acceptors (Lipinski definition) is 3. The Morgan fingerprint density at radius 1 is 0.824 bits per heavy atom. The summed E-state index contributed by atoms with van der Waals surface area (Å²) in [7, 11) is 0. The van der Waals surface area contributed by atoms with Crippen LogP contribution < -0.4 is 4.74 Å². The number of hydrogen-bond donors (Lipinski definition) is 2. The second kappa shape index (κ2) is 5.48. The monoisotopic (exact) mass is 230 g/mol. The molecule has 0 fully saturated rings. The van der Waals surface area contributed by atoms with Gasteiger partial charge in [0.25, 0.3) is 0 Å². The van der Waals surface area contributed by atoms with Crippen LogP contribution in [0, 0.1) is 0 Å². The van der Waals surface area contributed by atoms with E-state index in [0.717, 1.165) is 17.1 Å². The summed E-state index contributed by atoms with van der Waals surface area (Å²) in [6.07, 6.45) is -1.08. The lowest BCUT2D eigenvalue weighted by molar-refractivity contribution is -0.0381. The van der Waals surface area contributed by atoms with Crippen molar-refractivity contribution < 1.29 is 14.9 Å². The minimum absolute atomic E-state index is 0.228. The third-order valence-corrected chi connectivity index (χ3v) is 2.32. The summed E-state index contributed by atoms with van der Waals surface area (Å²) in [5.74, 6) is 1.51. The smallest absolute Gasteiger partial charge is 0.155 e. The molecule has 0 aromatic heterocycles. The summed E-state index contributed by atoms with van der Waals surface area (Å²) in [5.41, 5.74) is 0.861. The largest absolute Gasteiger partial charge is 0.457 e. The highest BCUT2D eigenvalue weighted by molar-refractivity contribution is 5.33. The molecule has 2 rings (SSSR count). The molecule has 0 unspecified atom stereocenters. The molecule has 2 N–H and O–H groups in total. The fourth-order valence-corrected chi connectivity index (χ4v) is 1.53. The molecule has 0 atom stereocenters. The maximum Gasteiger partial charge on any atom is 0.155 e. The average molecular weight is 230 g/mol. The van der Waals surface area contributed by atoms with E-state index < -0.39 is 6.29 Å². The van der Waals surface area contributed by atoms with Gasteiger partial charge in [0.2, 0.25) is 0 Å². The molecular weight excluding hydrogens is 216 g/mol. The molecule has 0 aliphatic carbocycles. The van der Waals surface area contributed by atoms with Gasteiger partial charge in [0.15, 0.2) is 6.29 Å². The Morgan fingerprint density at radius 3 is 2.00 bits per heavy atom. The number of aliphatic hydroxyl groups is 2. The van der Waals surface area contributed by atoms with Crippen molar-refractivity contribution in [2.75, 3.05) is 0 Å². The quantitative estimate of drug-likeness (QED) is 0.792. The third kappa shape index (κ3) is 3.59. The maximum absolute atomic E-state index is 8.83. The van der Waals surface area contributed by atoms with Crippen LogP contribution in [0.25, 0.3) is 0 Å². The molecule has 0 saturated heterocycles. The van der Waals surface area contributed by atoms with Gasteiger partial charge in [-0.2, -0.15) is 0 Å². The van der Waals surface area contributed by atoms with E-state index in [9.17, 15) is 0 Å². The summed E-state index contributed by atoms with van der Waals surface area (Å²) in [4.78, 5) is 0. The molecular formula is C14H14O3. The molecule has 2 aromatic rings. The molecule has 0 amide bonds. The normalized spacial score (nSPS) is 10.5. The first kappa shape index (κ1) is 11.6. The molecule has 17 heavy (non-hydrogen) atoms. The van der Waals surface area contributed by atoms with Gasteiger partial charge in [-0.15, -0.1) is 0 Å². The first-order valence-electron chi connectivity index (χ1n) is 5.42. The Morgan fingerprint density at radius 2 is 1.41 bits per heavy atom. The van der Waals surface area contributed by atoms with Crippen molar-refractivity contribution in [2.24, 2.45) is 0 Å². The highest BCUT2D eigenvalue weighted by atomic mass is 16.5. The summed E-state index contributed by atoms with van der Waals surface area (Å²) in [6.45, 7) is 0. The molecule has 0 radical (unpaired) electrons. The SMILES string of the molecule is OC(O)Cc1ccc(Oc2ccccc2)cc1. The minimum Gasteiger partial charge on any atom is -0.457 e. The van der Waals surface area contributed by atoms with E-state index in [4.69, 9.17) is 14.9 Å². The predicted octanol–water partition coefficient (Wildman–Crippen LogP) is 2.33. The molecule has 0 saturated carbocycles. The van der Waals surface area contributed by atoms with E-state index >= 15 is 0 Å². The van der Waals surface area contributed by atoms with Gasteiger partial charge in [-0.05, 0) is 29.8 Å². The van der Waals surface area contributed by atoms with Crippen LogP contribution >= 0.6 is 0 Å². The van der Waals surface area contributed by atoms with Gasteiger partial charge >= 0.3 is 0 Å². The molecule has 3 nitrogen and oxygen atoms in total. The number of para-hydroxylation sites is 1. The third-order valence-electron chi connectivity index (χ3n) is 2.32. The fourth-order valence-electron chi connectivity index (χ4n) is 1.53. The average Bonchev–Trinajstić information content (AvgIpc) is 2.32. The van der Waals surface area contributed by atoms with Crippen LogP contribution in [0.1, 0.15) is 5.56 Å². The maximum atomic E-state index is 8.83. The van der Waals surface area contributed by atoms with Gasteiger partial charge in [0, 0.05) is 6.42 Å². The molecule has 88 valence electrons. The van der Waals surface area contributed by atoms with Crippen molar-refractivity contribution in [3.63, 3.8) is 0 Å². The van der Waals surface area contributed by atoms with Gasteiger partial charge in [0.1, 0.15) is 11.5 Å². The first-order valence-corrected chi connectivity index (χ1v) is 5.42. The molecule has 0 spiro atoms. The molecule has 0 heterocycles. The topological polar surface area (TPSA) is 49.7 Å². The second-order valence-corrected chi connectivity index (χ2v) is 3.74. The van der Waals surface area contributed by atoms with E-state index in [-0.39, 0.29) is 6.42 Å². The van der Waals surface area contributed by atoms with Gasteiger partial charge < -0.3 is 14.9 Å². The summed E-state index contributed by atoms with van der Waals surface area (Å²) >= 11 is 0. The lowest BCUT2D eigenvalue weighted by Gasteiger charge is -2.07. The molecule has 0 bridgehead atoms. The van der Waals surface area contributed by atoms with Gasteiger partial charge in [-0.1, -0.05) is 30.3 Å². The van der Waals surface area contributed by atoms with Crippen molar-refractivity contribution in [1.82, 2.24) is 0 Å². The van der Waals surface area contributed by atoms with E-state index in [1.165, 1.54) is 0 Å². The van der Waals surface area contributed by atoms with Crippen molar-refractivity contribution in [1.29, 1.82) is 0 Å². The van der Waals surface area contributed by atoms with Crippen LogP contribution in [-0.4, -0.2) is 16.5 Å². The zero-order valence-electron chi connectivity index (χ0n) is 9.28. The lowest BCUT2D eigenvalue weighted by Crippen LogP contribution is -2.07. The predicted molar refractivity (Wildman–Crippen MR) is 64.9 cm³/mol. The first-order chi connectivity index (χ1) is 8.24. The van der Waals surface area contributed by atoms with E-state index in [2.05, 4.69) is 0 Å². The van der Waals surface area contributed by atoms with E-state index in [1.807, 2.05) is 54.6 Å². The van der Waals surface area contributed by atoms with Gasteiger partial charge in [-0.25, -0.2) is 0 Å². The number of rotatable bonds is 4. The highest BCUT2D eigenvalue weighted by Gasteiger charge is 2.01. The Balaban J connectivity index is 2.03. The van der Waals surface area contributed by atoms with E-state index in [0.29, 0.717) is 0 Å². The molecule has 2 aromatic carbocycles. The number of aliphatic hydroxyl groups excluding tert-OH is 1. The fraction of sp³-hybridized carbons (Fsp3) is 0.143. The Hall–Kier alpha value is -1.84. The lowest BCUT2D eigenvalue weighted by atomic mass is 10.1. The molecule has 3 heteroatoms. The van der Waals surface area contributed by atoms with Crippen LogP contribution in [0.4, 0.5) is 0 Å².